The van der Waals surface area contributed by atoms with E-state index in [1.54, 1.807) is 6.92 Å². The van der Waals surface area contributed by atoms with Gasteiger partial charge in [-0.05, 0) is 13.3 Å². The van der Waals surface area contributed by atoms with Crippen LogP contribution in [0.4, 0.5) is 0 Å². The Bertz CT molecular complexity index is 108. The van der Waals surface area contributed by atoms with Gasteiger partial charge in [-0.1, -0.05) is 6.92 Å². The van der Waals surface area contributed by atoms with Crippen molar-refractivity contribution < 1.29 is 30.2 Å². The first-order valence-electron chi connectivity index (χ1n) is 2.53. The fourth-order valence-corrected chi connectivity index (χ4v) is 0.151. The number of hydrogen-bond acceptors (Lipinski definition) is 2. The monoisotopic (exact) mass is 125 g/mol. The van der Waals surface area contributed by atoms with E-state index >= 15 is 0 Å². The van der Waals surface area contributed by atoms with Gasteiger partial charge in [-0.25, -0.2) is 0 Å². The fraction of sp³-hybridized carbons (Fsp3) is 0.800. The van der Waals surface area contributed by atoms with Gasteiger partial charge in [0.25, 0.3) is 0 Å². The van der Waals surface area contributed by atoms with Gasteiger partial charge in [-0.2, -0.15) is 0 Å². The first-order chi connectivity index (χ1) is 3.50. The number of carboxylic acids is 1. The van der Waals surface area contributed by atoms with Crippen LogP contribution >= 0.6 is 0 Å². The van der Waals surface area contributed by atoms with Gasteiger partial charge < -0.3 is 12.3 Å². The van der Waals surface area contributed by atoms with Crippen LogP contribution in [0.5, 0.6) is 0 Å². The summed E-state index contributed by atoms with van der Waals surface area (Å²) in [6.45, 7) is 3.24. The van der Waals surface area contributed by atoms with Crippen LogP contribution in [-0.2, 0) is 4.79 Å². The molecule has 0 aromatic heterocycles. The van der Waals surface area contributed by atoms with Gasteiger partial charge in [0, 0.05) is 0 Å². The number of carbonyl (C=O) groups is 1. The molecular formula is C5H12LiNO2. The van der Waals surface area contributed by atoms with Crippen molar-refractivity contribution in [3.05, 3.63) is 0 Å². The van der Waals surface area contributed by atoms with Crippen molar-refractivity contribution in [2.75, 3.05) is 0 Å². The number of nitrogens with two attached hydrogens (primary N) is 1. The second-order valence-corrected chi connectivity index (χ2v) is 2.08. The van der Waals surface area contributed by atoms with Gasteiger partial charge in [-0.15, -0.1) is 0 Å². The average molecular weight is 125 g/mol. The Morgan fingerprint density at radius 2 is 2.22 bits per heavy atom. The second kappa shape index (κ2) is 3.94. The number of aliphatic carboxylic acids is 1. The van der Waals surface area contributed by atoms with E-state index in [9.17, 15) is 4.79 Å². The van der Waals surface area contributed by atoms with Gasteiger partial charge in [0.05, 0.1) is 0 Å². The molecule has 1 atom stereocenters. The molecule has 0 fully saturated rings. The first-order valence-corrected chi connectivity index (χ1v) is 2.53. The van der Waals surface area contributed by atoms with Gasteiger partial charge in [0.2, 0.25) is 0 Å². The third-order valence-electron chi connectivity index (χ3n) is 1.22. The van der Waals surface area contributed by atoms with Crippen LogP contribution in [-0.4, -0.2) is 16.6 Å². The fourth-order valence-electron chi connectivity index (χ4n) is 0.151. The van der Waals surface area contributed by atoms with Crippen molar-refractivity contribution in [2.24, 2.45) is 5.73 Å². The molecule has 1 unspecified atom stereocenters. The molecule has 0 aromatic rings. The van der Waals surface area contributed by atoms with Crippen molar-refractivity contribution in [1.82, 2.24) is 0 Å². The van der Waals surface area contributed by atoms with Crippen LogP contribution in [0.1, 0.15) is 21.7 Å². The van der Waals surface area contributed by atoms with E-state index in [2.05, 4.69) is 0 Å². The smallest absolute Gasteiger partial charge is 1.00 e. The minimum absolute atomic E-state index is 0. The van der Waals surface area contributed by atoms with E-state index in [0.29, 0.717) is 6.42 Å². The van der Waals surface area contributed by atoms with Crippen molar-refractivity contribution in [3.8, 4) is 0 Å². The summed E-state index contributed by atoms with van der Waals surface area (Å²) in [6, 6.07) is 0. The van der Waals surface area contributed by atoms with E-state index in [-0.39, 0.29) is 20.3 Å². The van der Waals surface area contributed by atoms with Crippen LogP contribution in [0.25, 0.3) is 0 Å². The first kappa shape index (κ1) is 11.8. The Morgan fingerprint density at radius 1 is 1.89 bits per heavy atom. The van der Waals surface area contributed by atoms with E-state index in [0.717, 1.165) is 0 Å². The summed E-state index contributed by atoms with van der Waals surface area (Å²) < 4.78 is 0. The Kier molecular flexibility index (Phi) is 5.16. The molecule has 4 heteroatoms. The normalized spacial score (nSPS) is 15.4. The molecular weight excluding hydrogens is 113 g/mol. The summed E-state index contributed by atoms with van der Waals surface area (Å²) in [4.78, 5) is 10.1. The van der Waals surface area contributed by atoms with Crippen LogP contribution < -0.4 is 24.6 Å². The standard InChI is InChI=1S/C5H11NO2.Li.H/c1-3-5(2,6)4(7)8;;/h3,6H2,1-2H3,(H,7,8);;/q;+1;-1. The molecule has 9 heavy (non-hydrogen) atoms. The molecule has 0 saturated carbocycles. The SMILES string of the molecule is CCC(C)(N)C(=O)O.[H-].[Li+]. The van der Waals surface area contributed by atoms with Gasteiger partial charge in [-0.3, -0.25) is 4.79 Å². The summed E-state index contributed by atoms with van der Waals surface area (Å²) in [5, 5.41) is 8.32. The summed E-state index contributed by atoms with van der Waals surface area (Å²) >= 11 is 0. The zero-order valence-corrected chi connectivity index (χ0v) is 6.14. The van der Waals surface area contributed by atoms with Crippen molar-refractivity contribution in [3.63, 3.8) is 0 Å². The molecule has 0 spiro atoms. The summed E-state index contributed by atoms with van der Waals surface area (Å²) in [5.74, 6) is -0.944. The predicted octanol–water partition coefficient (Wildman–Crippen LogP) is -2.69. The molecule has 0 aliphatic rings. The maximum atomic E-state index is 10.1. The number of hydrogen-bond donors (Lipinski definition) is 2. The molecule has 0 rings (SSSR count). The maximum Gasteiger partial charge on any atom is 1.00 e. The number of carboxylic acid groups (broad SMARTS) is 1. The molecule has 0 radical (unpaired) electrons. The van der Waals surface area contributed by atoms with Gasteiger partial charge in [0.1, 0.15) is 5.54 Å². The van der Waals surface area contributed by atoms with E-state index < -0.39 is 11.5 Å². The predicted molar refractivity (Wildman–Crippen MR) is 31.6 cm³/mol. The average Bonchev–Trinajstić information content (AvgIpc) is 1.67. The van der Waals surface area contributed by atoms with E-state index in [1.165, 1.54) is 6.92 Å². The molecule has 0 aromatic carbocycles. The molecule has 0 aliphatic carbocycles. The third-order valence-corrected chi connectivity index (χ3v) is 1.22. The van der Waals surface area contributed by atoms with Crippen molar-refractivity contribution in [1.29, 1.82) is 0 Å². The van der Waals surface area contributed by atoms with E-state index in [4.69, 9.17) is 10.8 Å². The quantitative estimate of drug-likeness (QED) is 0.395. The van der Waals surface area contributed by atoms with Gasteiger partial charge in [0.15, 0.2) is 0 Å². The Labute approximate surface area is 68.3 Å². The molecule has 3 N–H and O–H groups in total. The maximum absolute atomic E-state index is 10.1. The van der Waals surface area contributed by atoms with Crippen LogP contribution in [0, 0.1) is 0 Å². The van der Waals surface area contributed by atoms with Crippen LogP contribution in [0.2, 0.25) is 0 Å². The van der Waals surface area contributed by atoms with Crippen molar-refractivity contribution in [2.45, 2.75) is 25.8 Å². The minimum atomic E-state index is -1.04. The number of rotatable bonds is 2. The summed E-state index contributed by atoms with van der Waals surface area (Å²) in [5.41, 5.74) is 4.22. The van der Waals surface area contributed by atoms with E-state index in [1.807, 2.05) is 0 Å². The second-order valence-electron chi connectivity index (χ2n) is 2.08. The molecule has 0 bridgehead atoms. The summed E-state index contributed by atoms with van der Waals surface area (Å²) in [7, 11) is 0. The zero-order valence-electron chi connectivity index (χ0n) is 7.14. The molecule has 50 valence electrons. The molecule has 0 aliphatic heterocycles. The Balaban J connectivity index is -0.000000245. The summed E-state index contributed by atoms with van der Waals surface area (Å²) in [6.07, 6.45) is 0.461. The molecule has 0 amide bonds. The topological polar surface area (TPSA) is 63.3 Å². The minimum Gasteiger partial charge on any atom is -1.00 e. The molecule has 0 heterocycles. The van der Waals surface area contributed by atoms with Crippen LogP contribution in [0.15, 0.2) is 0 Å². The Morgan fingerprint density at radius 3 is 2.22 bits per heavy atom. The molecule has 0 saturated heterocycles. The van der Waals surface area contributed by atoms with Gasteiger partial charge >= 0.3 is 24.8 Å². The molecule has 3 nitrogen and oxygen atoms in total. The Hall–Kier alpha value is 0.0274. The van der Waals surface area contributed by atoms with Crippen molar-refractivity contribution >= 4 is 5.97 Å². The van der Waals surface area contributed by atoms with Crippen LogP contribution in [0.3, 0.4) is 0 Å². The largest absolute Gasteiger partial charge is 1.00 e. The third kappa shape index (κ3) is 3.58. The zero-order chi connectivity index (χ0) is 6.78.